The number of carbonyl (C=O) groups excluding carboxylic acids is 1. The minimum atomic E-state index is -0.573. The Labute approximate surface area is 186 Å². The third-order valence-electron chi connectivity index (χ3n) is 5.53. The second kappa shape index (κ2) is 8.94. The van der Waals surface area contributed by atoms with Crippen LogP contribution in [0.1, 0.15) is 33.7 Å². The molecule has 0 atom stereocenters. The first kappa shape index (κ1) is 21.1. The average Bonchev–Trinajstić information content (AvgIpc) is 3.09. The van der Waals surface area contributed by atoms with E-state index in [1.54, 1.807) is 13.8 Å². The molecular weight excluding hydrogens is 404 g/mol. The van der Waals surface area contributed by atoms with Crippen LogP contribution in [0, 0.1) is 35.8 Å². The standard InChI is InChI=1S/C26H22N2O4/c1-17-14-18(2)19(25(15-17)28(30)31)12-7-13-27-26(29)32-16-24-22-10-5-3-8-20(22)21-9-4-6-11-23(21)24/h3-6,8-11,14-15,24H,13,16H2,1-2H3,(H,27,29). The largest absolute Gasteiger partial charge is 0.449 e. The molecule has 0 aromatic heterocycles. The molecule has 0 heterocycles. The Balaban J connectivity index is 1.39. The predicted molar refractivity (Wildman–Crippen MR) is 123 cm³/mol. The smallest absolute Gasteiger partial charge is 0.407 e. The maximum absolute atomic E-state index is 12.2. The lowest BCUT2D eigenvalue weighted by Gasteiger charge is -2.14. The summed E-state index contributed by atoms with van der Waals surface area (Å²) in [6, 6.07) is 19.6. The molecule has 6 heteroatoms. The molecule has 3 aromatic rings. The third-order valence-corrected chi connectivity index (χ3v) is 5.53. The molecule has 1 amide bonds. The van der Waals surface area contributed by atoms with E-state index >= 15 is 0 Å². The van der Waals surface area contributed by atoms with Gasteiger partial charge in [-0.3, -0.25) is 10.1 Å². The summed E-state index contributed by atoms with van der Waals surface area (Å²) >= 11 is 0. The molecule has 4 rings (SSSR count). The number of hydrogen-bond acceptors (Lipinski definition) is 4. The van der Waals surface area contributed by atoms with E-state index in [1.807, 2.05) is 30.3 Å². The third kappa shape index (κ3) is 4.19. The summed E-state index contributed by atoms with van der Waals surface area (Å²) in [5.74, 6) is 5.57. The molecule has 32 heavy (non-hydrogen) atoms. The van der Waals surface area contributed by atoms with Crippen LogP contribution in [0.5, 0.6) is 0 Å². The van der Waals surface area contributed by atoms with Crippen molar-refractivity contribution in [3.63, 3.8) is 0 Å². The lowest BCUT2D eigenvalue weighted by atomic mass is 9.98. The molecule has 0 unspecified atom stereocenters. The first-order chi connectivity index (χ1) is 15.5. The van der Waals surface area contributed by atoms with Gasteiger partial charge in [0, 0.05) is 12.0 Å². The van der Waals surface area contributed by atoms with Crippen LogP contribution in [-0.2, 0) is 4.74 Å². The number of ether oxygens (including phenoxy) is 1. The normalized spacial score (nSPS) is 11.7. The highest BCUT2D eigenvalue weighted by atomic mass is 16.6. The van der Waals surface area contributed by atoms with Gasteiger partial charge in [0.05, 0.1) is 11.5 Å². The number of carbonyl (C=O) groups is 1. The highest BCUT2D eigenvalue weighted by Crippen LogP contribution is 2.44. The van der Waals surface area contributed by atoms with E-state index in [0.29, 0.717) is 5.56 Å². The lowest BCUT2D eigenvalue weighted by Crippen LogP contribution is -2.26. The van der Waals surface area contributed by atoms with Crippen molar-refractivity contribution in [2.45, 2.75) is 19.8 Å². The number of nitrogens with zero attached hydrogens (tertiary/aromatic N) is 1. The van der Waals surface area contributed by atoms with Gasteiger partial charge < -0.3 is 10.1 Å². The zero-order chi connectivity index (χ0) is 22.7. The van der Waals surface area contributed by atoms with Crippen molar-refractivity contribution >= 4 is 11.8 Å². The summed E-state index contributed by atoms with van der Waals surface area (Å²) < 4.78 is 5.47. The summed E-state index contributed by atoms with van der Waals surface area (Å²) in [6.07, 6.45) is -0.573. The number of nitrogens with one attached hydrogen (secondary N) is 1. The van der Waals surface area contributed by atoms with Crippen LogP contribution < -0.4 is 5.32 Å². The molecule has 0 aliphatic heterocycles. The average molecular weight is 426 g/mol. The van der Waals surface area contributed by atoms with Crippen molar-refractivity contribution in [1.29, 1.82) is 0 Å². The molecule has 0 radical (unpaired) electrons. The van der Waals surface area contributed by atoms with Crippen LogP contribution in [-0.4, -0.2) is 24.2 Å². The van der Waals surface area contributed by atoms with Gasteiger partial charge >= 0.3 is 6.09 Å². The summed E-state index contributed by atoms with van der Waals surface area (Å²) in [6.45, 7) is 3.83. The van der Waals surface area contributed by atoms with E-state index in [1.165, 1.54) is 6.07 Å². The molecule has 6 nitrogen and oxygen atoms in total. The molecule has 0 fully saturated rings. The number of alkyl carbamates (subject to hydrolysis) is 1. The van der Waals surface area contributed by atoms with Crippen LogP contribution in [0.4, 0.5) is 10.5 Å². The Kier molecular flexibility index (Phi) is 5.91. The fraction of sp³-hybridized carbons (Fsp3) is 0.192. The molecule has 160 valence electrons. The molecule has 0 spiro atoms. The Morgan fingerprint density at radius 1 is 1.06 bits per heavy atom. The van der Waals surface area contributed by atoms with Gasteiger partial charge in [-0.25, -0.2) is 4.79 Å². The number of benzene rings is 3. The second-order valence-corrected chi connectivity index (χ2v) is 7.71. The summed E-state index contributed by atoms with van der Waals surface area (Å²) in [5.41, 5.74) is 6.47. The van der Waals surface area contributed by atoms with E-state index in [-0.39, 0.29) is 24.8 Å². The van der Waals surface area contributed by atoms with E-state index in [4.69, 9.17) is 4.74 Å². The van der Waals surface area contributed by atoms with Gasteiger partial charge in [-0.2, -0.15) is 0 Å². The molecular formula is C26H22N2O4. The van der Waals surface area contributed by atoms with Crippen molar-refractivity contribution in [3.05, 3.63) is 98.6 Å². The topological polar surface area (TPSA) is 81.5 Å². The predicted octanol–water partition coefficient (Wildman–Crippen LogP) is 5.10. The summed E-state index contributed by atoms with van der Waals surface area (Å²) in [7, 11) is 0. The molecule has 0 saturated heterocycles. The van der Waals surface area contributed by atoms with Gasteiger partial charge in [0.25, 0.3) is 5.69 Å². The number of amides is 1. The Bertz CT molecular complexity index is 1220. The van der Waals surface area contributed by atoms with Gasteiger partial charge in [-0.1, -0.05) is 66.4 Å². The quantitative estimate of drug-likeness (QED) is 0.357. The van der Waals surface area contributed by atoms with E-state index in [0.717, 1.165) is 33.4 Å². The molecule has 3 aromatic carbocycles. The first-order valence-electron chi connectivity index (χ1n) is 10.3. The van der Waals surface area contributed by atoms with Crippen molar-refractivity contribution < 1.29 is 14.5 Å². The van der Waals surface area contributed by atoms with E-state index in [9.17, 15) is 14.9 Å². The zero-order valence-electron chi connectivity index (χ0n) is 17.8. The number of rotatable bonds is 4. The van der Waals surface area contributed by atoms with E-state index in [2.05, 4.69) is 41.4 Å². The van der Waals surface area contributed by atoms with Gasteiger partial charge in [0.2, 0.25) is 0 Å². The fourth-order valence-corrected chi connectivity index (χ4v) is 4.15. The monoisotopic (exact) mass is 426 g/mol. The number of aryl methyl sites for hydroxylation is 2. The van der Waals surface area contributed by atoms with Crippen LogP contribution in [0.3, 0.4) is 0 Å². The Morgan fingerprint density at radius 3 is 2.31 bits per heavy atom. The maximum atomic E-state index is 12.2. The molecule has 0 bridgehead atoms. The van der Waals surface area contributed by atoms with Crippen LogP contribution in [0.15, 0.2) is 60.7 Å². The number of fused-ring (bicyclic) bond motifs is 3. The SMILES string of the molecule is Cc1cc(C)c(C#CCNC(=O)OCC2c3ccccc3-c3ccccc32)c([N+](=O)[O-])c1. The van der Waals surface area contributed by atoms with Crippen LogP contribution >= 0.6 is 0 Å². The molecule has 1 aliphatic carbocycles. The van der Waals surface area contributed by atoms with Crippen LogP contribution in [0.25, 0.3) is 11.1 Å². The lowest BCUT2D eigenvalue weighted by molar-refractivity contribution is -0.385. The number of hydrogen-bond donors (Lipinski definition) is 1. The zero-order valence-corrected chi connectivity index (χ0v) is 17.8. The number of nitro benzene ring substituents is 1. The molecule has 0 saturated carbocycles. The Morgan fingerprint density at radius 2 is 1.69 bits per heavy atom. The first-order valence-corrected chi connectivity index (χ1v) is 10.3. The van der Waals surface area contributed by atoms with Crippen molar-refractivity contribution in [2.24, 2.45) is 0 Å². The van der Waals surface area contributed by atoms with Gasteiger partial charge in [-0.05, 0) is 47.2 Å². The van der Waals surface area contributed by atoms with E-state index < -0.39 is 11.0 Å². The minimum absolute atomic E-state index is 0.0166. The van der Waals surface area contributed by atoms with Crippen molar-refractivity contribution in [3.8, 4) is 23.0 Å². The second-order valence-electron chi connectivity index (χ2n) is 7.71. The van der Waals surface area contributed by atoms with Gasteiger partial charge in [-0.15, -0.1) is 0 Å². The van der Waals surface area contributed by atoms with Crippen LogP contribution in [0.2, 0.25) is 0 Å². The highest BCUT2D eigenvalue weighted by Gasteiger charge is 2.28. The molecule has 1 N–H and O–H groups in total. The van der Waals surface area contributed by atoms with Gasteiger partial charge in [0.1, 0.15) is 12.2 Å². The highest BCUT2D eigenvalue weighted by molar-refractivity contribution is 5.79. The van der Waals surface area contributed by atoms with Gasteiger partial charge in [0.15, 0.2) is 0 Å². The Hall–Kier alpha value is -4.11. The summed E-state index contributed by atoms with van der Waals surface area (Å²) in [4.78, 5) is 23.1. The molecule has 1 aliphatic rings. The fourth-order valence-electron chi connectivity index (χ4n) is 4.15. The minimum Gasteiger partial charge on any atom is -0.449 e. The number of nitro groups is 1. The summed E-state index contributed by atoms with van der Waals surface area (Å²) in [5, 5.41) is 13.9. The maximum Gasteiger partial charge on any atom is 0.407 e. The van der Waals surface area contributed by atoms with Crippen molar-refractivity contribution in [1.82, 2.24) is 5.32 Å². The van der Waals surface area contributed by atoms with Crippen molar-refractivity contribution in [2.75, 3.05) is 13.2 Å².